The zero-order chi connectivity index (χ0) is 27.0. The Balaban J connectivity index is 0.00000353. The van der Waals surface area contributed by atoms with Crippen LogP contribution in [0.25, 0.3) is 10.9 Å². The van der Waals surface area contributed by atoms with E-state index in [-0.39, 0.29) is 40.1 Å². The van der Waals surface area contributed by atoms with Crippen molar-refractivity contribution in [2.45, 2.75) is 38.9 Å². The molecule has 10 nitrogen and oxygen atoms in total. The van der Waals surface area contributed by atoms with Gasteiger partial charge in [-0.25, -0.2) is 4.79 Å². The van der Waals surface area contributed by atoms with Crippen molar-refractivity contribution in [3.63, 3.8) is 0 Å². The third-order valence-electron chi connectivity index (χ3n) is 7.17. The van der Waals surface area contributed by atoms with Crippen LogP contribution in [0.2, 0.25) is 5.02 Å². The van der Waals surface area contributed by atoms with E-state index in [2.05, 4.69) is 16.0 Å². The van der Waals surface area contributed by atoms with Crippen LogP contribution in [0.4, 0.5) is 5.69 Å². The second-order valence-electron chi connectivity index (χ2n) is 9.76. The molecule has 3 N–H and O–H groups in total. The zero-order valence-corrected chi connectivity index (χ0v) is 22.8. The molecule has 5 rings (SSSR count). The van der Waals surface area contributed by atoms with E-state index in [1.807, 2.05) is 13.0 Å². The zero-order valence-electron chi connectivity index (χ0n) is 21.2. The largest absolute Gasteiger partial charge is 0.347 e. The van der Waals surface area contributed by atoms with Gasteiger partial charge in [0.2, 0.25) is 5.91 Å². The Labute approximate surface area is 235 Å². The van der Waals surface area contributed by atoms with Crippen molar-refractivity contribution in [3.05, 3.63) is 73.4 Å². The van der Waals surface area contributed by atoms with Crippen molar-refractivity contribution in [3.8, 4) is 6.07 Å². The van der Waals surface area contributed by atoms with Crippen LogP contribution in [0.15, 0.2) is 46.0 Å². The van der Waals surface area contributed by atoms with E-state index in [4.69, 9.17) is 16.9 Å². The van der Waals surface area contributed by atoms with Crippen LogP contribution < -0.4 is 27.2 Å². The summed E-state index contributed by atoms with van der Waals surface area (Å²) in [6, 6.07) is 10.9. The van der Waals surface area contributed by atoms with Gasteiger partial charge in [0, 0.05) is 37.4 Å². The van der Waals surface area contributed by atoms with E-state index in [1.54, 1.807) is 22.8 Å². The highest BCUT2D eigenvalue weighted by Gasteiger charge is 2.34. The number of nitrogens with zero attached hydrogens (tertiary/aromatic N) is 3. The quantitative estimate of drug-likeness (QED) is 0.399. The Morgan fingerprint density at radius 2 is 1.90 bits per heavy atom. The Morgan fingerprint density at radius 1 is 1.13 bits per heavy atom. The fraction of sp³-hybridized carbons (Fsp3) is 0.370. The van der Waals surface area contributed by atoms with Gasteiger partial charge in [-0.05, 0) is 62.1 Å². The molecule has 2 amide bonds. The molecule has 2 atom stereocenters. The summed E-state index contributed by atoms with van der Waals surface area (Å²) < 4.78 is 2.88. The molecular weight excluding hydrogens is 543 g/mol. The maximum absolute atomic E-state index is 13.2. The summed E-state index contributed by atoms with van der Waals surface area (Å²) in [6.07, 6.45) is 2.02. The Kier molecular flexibility index (Phi) is 8.45. The van der Waals surface area contributed by atoms with E-state index >= 15 is 0 Å². The van der Waals surface area contributed by atoms with Crippen LogP contribution in [0.5, 0.6) is 0 Å². The molecule has 12 heteroatoms. The lowest BCUT2D eigenvalue weighted by molar-refractivity contribution is -0.119. The molecule has 3 aromatic rings. The highest BCUT2D eigenvalue weighted by molar-refractivity contribution is 6.32. The number of carbonyl (C=O) groups is 2. The highest BCUT2D eigenvalue weighted by atomic mass is 35.5. The van der Waals surface area contributed by atoms with Crippen LogP contribution in [0, 0.1) is 23.2 Å². The second-order valence-corrected chi connectivity index (χ2v) is 10.2. The normalized spacial score (nSPS) is 18.3. The summed E-state index contributed by atoms with van der Waals surface area (Å²) >= 11 is 6.06. The molecule has 1 aliphatic heterocycles. The highest BCUT2D eigenvalue weighted by Crippen LogP contribution is 2.30. The van der Waals surface area contributed by atoms with Crippen molar-refractivity contribution in [2.24, 2.45) is 11.8 Å². The SMILES string of the molecule is CCn1c(=O)n(CC2CC2)c(=O)c2cc(NC(=O)[C@@H]3CNC[C@@H]3NC(=O)c3ccc(C#N)c(Cl)c3)ccc21.Cl. The molecule has 39 heavy (non-hydrogen) atoms. The molecule has 1 saturated heterocycles. The van der Waals surface area contributed by atoms with Crippen molar-refractivity contribution in [1.29, 1.82) is 5.26 Å². The lowest BCUT2D eigenvalue weighted by Gasteiger charge is -2.20. The number of nitriles is 1. The van der Waals surface area contributed by atoms with Gasteiger partial charge in [-0.15, -0.1) is 12.4 Å². The predicted molar refractivity (Wildman–Crippen MR) is 151 cm³/mol. The lowest BCUT2D eigenvalue weighted by atomic mass is 10.0. The lowest BCUT2D eigenvalue weighted by Crippen LogP contribution is -2.44. The van der Waals surface area contributed by atoms with Crippen LogP contribution >= 0.6 is 24.0 Å². The smallest absolute Gasteiger partial charge is 0.331 e. The average molecular weight is 571 g/mol. The number of halogens is 2. The van der Waals surface area contributed by atoms with E-state index < -0.39 is 17.9 Å². The van der Waals surface area contributed by atoms with Gasteiger partial charge < -0.3 is 16.0 Å². The molecular formula is C27H28Cl2N6O4. The number of rotatable bonds is 7. The molecule has 1 saturated carbocycles. The fourth-order valence-corrected chi connectivity index (χ4v) is 5.09. The number of hydrogen-bond donors (Lipinski definition) is 3. The van der Waals surface area contributed by atoms with Crippen molar-refractivity contribution < 1.29 is 9.59 Å². The number of amides is 2. The Bertz CT molecular complexity index is 1600. The first-order valence-electron chi connectivity index (χ1n) is 12.6. The van der Waals surface area contributed by atoms with Crippen molar-refractivity contribution in [2.75, 3.05) is 18.4 Å². The van der Waals surface area contributed by atoms with Gasteiger partial charge in [-0.2, -0.15) is 5.26 Å². The van der Waals surface area contributed by atoms with Gasteiger partial charge in [0.05, 0.1) is 33.4 Å². The van der Waals surface area contributed by atoms with Crippen LogP contribution in [0.1, 0.15) is 35.7 Å². The summed E-state index contributed by atoms with van der Waals surface area (Å²) in [5, 5.41) is 18.5. The Hall–Kier alpha value is -3.65. The number of aryl methyl sites for hydroxylation is 1. The molecule has 0 radical (unpaired) electrons. The predicted octanol–water partition coefficient (Wildman–Crippen LogP) is 2.50. The minimum atomic E-state index is -0.556. The molecule has 0 unspecified atom stereocenters. The first-order chi connectivity index (χ1) is 18.3. The summed E-state index contributed by atoms with van der Waals surface area (Å²) in [4.78, 5) is 52.1. The fourth-order valence-electron chi connectivity index (χ4n) is 4.87. The number of carbonyl (C=O) groups excluding carboxylic acids is 2. The first-order valence-corrected chi connectivity index (χ1v) is 13.0. The number of fused-ring (bicyclic) bond motifs is 1. The maximum atomic E-state index is 13.2. The molecule has 2 aliphatic rings. The minimum Gasteiger partial charge on any atom is -0.347 e. The van der Waals surface area contributed by atoms with Gasteiger partial charge in [0.1, 0.15) is 6.07 Å². The number of anilines is 1. The molecule has 2 fully saturated rings. The molecule has 0 spiro atoms. The van der Waals surface area contributed by atoms with Gasteiger partial charge in [-0.1, -0.05) is 11.6 Å². The van der Waals surface area contributed by atoms with Crippen molar-refractivity contribution >= 4 is 52.4 Å². The minimum absolute atomic E-state index is 0. The molecule has 1 aromatic heterocycles. The molecule has 0 bridgehead atoms. The standard InChI is InChI=1S/C27H27ClN6O4.ClH/c1-2-33-23-8-7-18(10-19(23)26(37)34(27(33)38)14-15-3-4-15)31-25(36)20-12-30-13-22(20)32-24(35)16-5-6-17(11-29)21(28)9-16;/h5-10,15,20,22,30H,2-4,12-14H2,1H3,(H,31,36)(H,32,35);1H/t20-,22+;/m1./s1. The van der Waals surface area contributed by atoms with Crippen molar-refractivity contribution in [1.82, 2.24) is 19.8 Å². The van der Waals surface area contributed by atoms with E-state index in [1.165, 1.54) is 22.8 Å². The third-order valence-corrected chi connectivity index (χ3v) is 7.48. The van der Waals surface area contributed by atoms with E-state index in [9.17, 15) is 19.2 Å². The summed E-state index contributed by atoms with van der Waals surface area (Å²) in [6.45, 7) is 3.45. The molecule has 2 aromatic carbocycles. The monoisotopic (exact) mass is 570 g/mol. The summed E-state index contributed by atoms with van der Waals surface area (Å²) in [5.74, 6) is -0.907. The molecule has 204 valence electrons. The van der Waals surface area contributed by atoms with Gasteiger partial charge in [-0.3, -0.25) is 23.5 Å². The van der Waals surface area contributed by atoms with E-state index in [0.29, 0.717) is 54.3 Å². The Morgan fingerprint density at radius 3 is 2.56 bits per heavy atom. The van der Waals surface area contributed by atoms with Gasteiger partial charge >= 0.3 is 5.69 Å². The van der Waals surface area contributed by atoms with Gasteiger partial charge in [0.25, 0.3) is 11.5 Å². The number of hydrogen-bond acceptors (Lipinski definition) is 6. The van der Waals surface area contributed by atoms with Crippen LogP contribution in [0.3, 0.4) is 0 Å². The average Bonchev–Trinajstić information content (AvgIpc) is 3.62. The van der Waals surface area contributed by atoms with Gasteiger partial charge in [0.15, 0.2) is 0 Å². The molecule has 1 aliphatic carbocycles. The summed E-state index contributed by atoms with van der Waals surface area (Å²) in [7, 11) is 0. The number of aromatic nitrogens is 2. The second kappa shape index (κ2) is 11.6. The summed E-state index contributed by atoms with van der Waals surface area (Å²) in [5.41, 5.74) is 0.864. The topological polar surface area (TPSA) is 138 Å². The number of nitrogens with one attached hydrogen (secondary N) is 3. The maximum Gasteiger partial charge on any atom is 0.331 e. The number of benzene rings is 2. The molecule has 2 heterocycles. The van der Waals surface area contributed by atoms with E-state index in [0.717, 1.165) is 12.8 Å². The third kappa shape index (κ3) is 5.71. The van der Waals surface area contributed by atoms with Crippen LogP contribution in [-0.4, -0.2) is 40.1 Å². The first kappa shape index (κ1) is 28.4. The van der Waals surface area contributed by atoms with Crippen LogP contribution in [-0.2, 0) is 17.9 Å².